The molecule has 0 spiro atoms. The van der Waals surface area contributed by atoms with Crippen LogP contribution in [0.1, 0.15) is 17.7 Å². The number of benzene rings is 1. The Morgan fingerprint density at radius 3 is 2.72 bits per heavy atom. The molecule has 1 atom stereocenters. The van der Waals surface area contributed by atoms with Crippen molar-refractivity contribution >= 4 is 34.2 Å². The summed E-state index contributed by atoms with van der Waals surface area (Å²) in [6.07, 6.45) is 0. The van der Waals surface area contributed by atoms with Crippen LogP contribution in [0.4, 0.5) is 19.3 Å². The number of hydrogen-bond acceptors (Lipinski definition) is 4. The van der Waals surface area contributed by atoms with Gasteiger partial charge in [0.2, 0.25) is 0 Å². The van der Waals surface area contributed by atoms with Gasteiger partial charge in [0.1, 0.15) is 11.6 Å². The lowest BCUT2D eigenvalue weighted by atomic mass is 10.1. The highest BCUT2D eigenvalue weighted by Gasteiger charge is 2.18. The number of hydrogen-bond donors (Lipinski definition) is 3. The lowest BCUT2D eigenvalue weighted by molar-refractivity contribution is 0.114. The van der Waals surface area contributed by atoms with Crippen LogP contribution in [-0.2, 0) is 4.84 Å². The summed E-state index contributed by atoms with van der Waals surface area (Å²) in [4.78, 5) is 15.7. The molecule has 1 unspecified atom stereocenters. The van der Waals surface area contributed by atoms with Gasteiger partial charge in [-0.2, -0.15) is 0 Å². The van der Waals surface area contributed by atoms with Crippen molar-refractivity contribution in [2.45, 2.75) is 12.2 Å². The Morgan fingerprint density at radius 1 is 1.50 bits per heavy atom. The van der Waals surface area contributed by atoms with Gasteiger partial charge in [-0.1, -0.05) is 10.8 Å². The summed E-state index contributed by atoms with van der Waals surface area (Å²) >= 11 is 3.99. The number of nitrogens with one attached hydrogen (secondary N) is 2. The Kier molecular flexibility index (Phi) is 5.70. The van der Waals surface area contributed by atoms with Crippen molar-refractivity contribution in [3.05, 3.63) is 29.3 Å². The van der Waals surface area contributed by atoms with E-state index in [2.05, 4.69) is 21.8 Å². The molecule has 0 saturated carbocycles. The molecule has 18 heavy (non-hydrogen) atoms. The molecule has 0 aliphatic heterocycles. The maximum Gasteiger partial charge on any atom is 0.343 e. The third kappa shape index (κ3) is 3.76. The zero-order valence-electron chi connectivity index (χ0n) is 9.66. The molecule has 0 radical (unpaired) electrons. The Bertz CT molecular complexity index is 446. The maximum atomic E-state index is 13.7. The van der Waals surface area contributed by atoms with Crippen molar-refractivity contribution in [3.63, 3.8) is 0 Å². The number of rotatable bonds is 4. The van der Waals surface area contributed by atoms with E-state index in [1.54, 1.807) is 6.92 Å². The van der Waals surface area contributed by atoms with Crippen molar-refractivity contribution in [1.29, 1.82) is 0 Å². The molecule has 0 fully saturated rings. The molecule has 1 rings (SSSR count). The monoisotopic (exact) mass is 294 g/mol. The van der Waals surface area contributed by atoms with Gasteiger partial charge in [0, 0.05) is 11.3 Å². The van der Waals surface area contributed by atoms with Crippen molar-refractivity contribution in [3.8, 4) is 0 Å². The highest BCUT2D eigenvalue weighted by Crippen LogP contribution is 2.37. The lowest BCUT2D eigenvalue weighted by Gasteiger charge is -2.16. The van der Waals surface area contributed by atoms with Gasteiger partial charge in [0.05, 0.1) is 12.8 Å². The number of carbonyl (C=O) groups excluding carboxylic acids is 1. The topological polar surface area (TPSA) is 50.4 Å². The second-order valence-corrected chi connectivity index (χ2v) is 4.91. The number of carbonyl (C=O) groups is 1. The number of hydroxylamine groups is 1. The fraction of sp³-hybridized carbons (Fsp3) is 0.300. The van der Waals surface area contributed by atoms with E-state index in [0.29, 0.717) is 11.6 Å². The van der Waals surface area contributed by atoms with E-state index in [1.807, 2.05) is 5.48 Å². The van der Waals surface area contributed by atoms with E-state index >= 15 is 0 Å². The Balaban J connectivity index is 3.11. The first-order valence-corrected chi connectivity index (χ1v) is 6.82. The van der Waals surface area contributed by atoms with Crippen LogP contribution < -0.4 is 10.8 Å². The van der Waals surface area contributed by atoms with Gasteiger partial charge in [-0.05, 0) is 18.6 Å². The number of anilines is 1. The summed E-state index contributed by atoms with van der Waals surface area (Å²) in [5, 5.41) is 1.96. The van der Waals surface area contributed by atoms with Gasteiger partial charge in [0.15, 0.2) is 0 Å². The molecule has 1 aromatic rings. The standard InChI is InChI=1S/C10H12F2N2O2S2/c1-5(18-17)7-3-6(11)4-8(12)9(7)13-10(15)14-16-2/h3-5,17H,1-2H3,(H2,13,14,15). The van der Waals surface area contributed by atoms with Crippen LogP contribution in [0.15, 0.2) is 12.1 Å². The number of urea groups is 1. The van der Waals surface area contributed by atoms with Gasteiger partial charge in [-0.3, -0.25) is 4.84 Å². The summed E-state index contributed by atoms with van der Waals surface area (Å²) in [5.74, 6) is -1.57. The molecule has 4 nitrogen and oxygen atoms in total. The highest BCUT2D eigenvalue weighted by atomic mass is 33.1. The van der Waals surface area contributed by atoms with Crippen molar-refractivity contribution in [2.24, 2.45) is 0 Å². The van der Waals surface area contributed by atoms with Crippen LogP contribution >= 0.6 is 22.5 Å². The van der Waals surface area contributed by atoms with Crippen molar-refractivity contribution in [2.75, 3.05) is 12.4 Å². The summed E-state index contributed by atoms with van der Waals surface area (Å²) in [5.41, 5.74) is 2.19. The summed E-state index contributed by atoms with van der Waals surface area (Å²) in [6, 6.07) is 1.10. The van der Waals surface area contributed by atoms with Crippen LogP contribution in [0.5, 0.6) is 0 Å². The molecule has 8 heteroatoms. The number of thiol groups is 1. The smallest absolute Gasteiger partial charge is 0.303 e. The Hall–Kier alpha value is -0.990. The Labute approximate surface area is 112 Å². The molecule has 0 aliphatic carbocycles. The van der Waals surface area contributed by atoms with Crippen LogP contribution in [0, 0.1) is 11.6 Å². The predicted octanol–water partition coefficient (Wildman–Crippen LogP) is 3.29. The molecule has 0 saturated heterocycles. The molecular formula is C10H12F2N2O2S2. The molecule has 0 aromatic heterocycles. The highest BCUT2D eigenvalue weighted by molar-refractivity contribution is 8.68. The van der Waals surface area contributed by atoms with Crippen LogP contribution in [0.25, 0.3) is 0 Å². The van der Waals surface area contributed by atoms with Gasteiger partial charge in [-0.25, -0.2) is 19.1 Å². The van der Waals surface area contributed by atoms with Gasteiger partial charge in [-0.15, -0.1) is 11.7 Å². The first-order valence-electron chi connectivity index (χ1n) is 4.88. The summed E-state index contributed by atoms with van der Waals surface area (Å²) in [7, 11) is 2.35. The quantitative estimate of drug-likeness (QED) is 0.454. The zero-order valence-corrected chi connectivity index (χ0v) is 11.4. The van der Waals surface area contributed by atoms with Crippen molar-refractivity contribution in [1.82, 2.24) is 5.48 Å². The largest absolute Gasteiger partial charge is 0.343 e. The molecule has 0 bridgehead atoms. The van der Waals surface area contributed by atoms with Crippen LogP contribution in [-0.4, -0.2) is 13.1 Å². The van der Waals surface area contributed by atoms with Crippen LogP contribution in [0.3, 0.4) is 0 Å². The summed E-state index contributed by atoms with van der Waals surface area (Å²) in [6.45, 7) is 1.71. The van der Waals surface area contributed by atoms with Crippen molar-refractivity contribution < 1.29 is 18.4 Å². The van der Waals surface area contributed by atoms with E-state index in [1.165, 1.54) is 7.11 Å². The molecule has 0 aliphatic rings. The zero-order chi connectivity index (χ0) is 13.7. The van der Waals surface area contributed by atoms with E-state index < -0.39 is 17.7 Å². The fourth-order valence-corrected chi connectivity index (χ4v) is 1.97. The second kappa shape index (κ2) is 6.81. The predicted molar refractivity (Wildman–Crippen MR) is 70.5 cm³/mol. The normalized spacial score (nSPS) is 12.1. The molecule has 0 heterocycles. The van der Waals surface area contributed by atoms with E-state index in [9.17, 15) is 13.6 Å². The molecular weight excluding hydrogens is 282 g/mol. The first-order chi connectivity index (χ1) is 8.49. The number of halogens is 2. The van der Waals surface area contributed by atoms with E-state index in [0.717, 1.165) is 16.9 Å². The first kappa shape index (κ1) is 15.1. The molecule has 100 valence electrons. The average molecular weight is 294 g/mol. The van der Waals surface area contributed by atoms with Crippen LogP contribution in [0.2, 0.25) is 0 Å². The van der Waals surface area contributed by atoms with Gasteiger partial charge in [0.25, 0.3) is 0 Å². The molecule has 2 N–H and O–H groups in total. The minimum atomic E-state index is -0.856. The fourth-order valence-electron chi connectivity index (χ4n) is 1.33. The van der Waals surface area contributed by atoms with Gasteiger partial charge >= 0.3 is 6.03 Å². The molecule has 2 amide bonds. The molecule has 1 aromatic carbocycles. The second-order valence-electron chi connectivity index (χ2n) is 3.36. The van der Waals surface area contributed by atoms with E-state index in [4.69, 9.17) is 0 Å². The SMILES string of the molecule is CONC(=O)Nc1c(F)cc(F)cc1C(C)SS. The minimum Gasteiger partial charge on any atom is -0.303 e. The minimum absolute atomic E-state index is 0.0972. The third-order valence-corrected chi connectivity index (χ3v) is 3.63. The maximum absolute atomic E-state index is 13.7. The number of amides is 2. The summed E-state index contributed by atoms with van der Waals surface area (Å²) < 4.78 is 26.8. The average Bonchev–Trinajstić information content (AvgIpc) is 2.31. The lowest BCUT2D eigenvalue weighted by Crippen LogP contribution is -2.28. The Morgan fingerprint density at radius 2 is 2.17 bits per heavy atom. The van der Waals surface area contributed by atoms with E-state index in [-0.39, 0.29) is 10.9 Å². The third-order valence-electron chi connectivity index (χ3n) is 2.11. The van der Waals surface area contributed by atoms with Gasteiger partial charge < -0.3 is 5.32 Å².